The number of anilines is 1. The van der Waals surface area contributed by atoms with Crippen LogP contribution < -0.4 is 16.0 Å². The van der Waals surface area contributed by atoms with Gasteiger partial charge in [-0.05, 0) is 31.0 Å². The third-order valence-corrected chi connectivity index (χ3v) is 4.64. The van der Waals surface area contributed by atoms with E-state index < -0.39 is 5.54 Å². The van der Waals surface area contributed by atoms with Gasteiger partial charge in [-0.15, -0.1) is 0 Å². The lowest BCUT2D eigenvalue weighted by atomic mass is 9.85. The van der Waals surface area contributed by atoms with E-state index in [0.29, 0.717) is 43.7 Å². The van der Waals surface area contributed by atoms with Gasteiger partial charge in [-0.1, -0.05) is 6.07 Å². The second kappa shape index (κ2) is 6.60. The molecule has 0 saturated carbocycles. The Bertz CT molecular complexity index is 666. The van der Waals surface area contributed by atoms with Crippen LogP contribution in [0, 0.1) is 0 Å². The van der Waals surface area contributed by atoms with Crippen LogP contribution in [0.3, 0.4) is 0 Å². The van der Waals surface area contributed by atoms with Crippen LogP contribution in [0.4, 0.5) is 5.69 Å². The summed E-state index contributed by atoms with van der Waals surface area (Å²) >= 11 is 0. The number of nitrogens with one attached hydrogen (secondary N) is 3. The Morgan fingerprint density at radius 1 is 1.21 bits per heavy atom. The Hall–Kier alpha value is -2.41. The number of piperidine rings is 1. The number of carbonyl (C=O) groups excluding carboxylic acids is 3. The third-order valence-electron chi connectivity index (χ3n) is 4.64. The van der Waals surface area contributed by atoms with Crippen LogP contribution in [0.2, 0.25) is 0 Å². The lowest BCUT2D eigenvalue weighted by Crippen LogP contribution is -2.66. The number of nitrogens with zero attached hydrogens (tertiary/aromatic N) is 1. The molecule has 24 heavy (non-hydrogen) atoms. The molecule has 0 unspecified atom stereocenters. The molecule has 1 aromatic rings. The van der Waals surface area contributed by atoms with Crippen LogP contribution in [0.5, 0.6) is 0 Å². The predicted molar refractivity (Wildman–Crippen MR) is 89.6 cm³/mol. The number of hydrogen-bond acceptors (Lipinski definition) is 4. The molecule has 1 spiro atoms. The first-order valence-electron chi connectivity index (χ1n) is 8.20. The van der Waals surface area contributed by atoms with E-state index >= 15 is 0 Å². The SMILES string of the molecule is CC(=O)Nc1cccc(C(=O)N2CCC3(CC2)NCCNC3=O)c1. The van der Waals surface area contributed by atoms with Gasteiger partial charge in [-0.3, -0.25) is 14.4 Å². The third kappa shape index (κ3) is 3.26. The first-order valence-corrected chi connectivity index (χ1v) is 8.20. The maximum Gasteiger partial charge on any atom is 0.253 e. The van der Waals surface area contributed by atoms with Crippen molar-refractivity contribution in [3.05, 3.63) is 29.8 Å². The van der Waals surface area contributed by atoms with Gasteiger partial charge in [0.2, 0.25) is 11.8 Å². The van der Waals surface area contributed by atoms with E-state index in [1.807, 2.05) is 0 Å². The van der Waals surface area contributed by atoms with E-state index in [1.165, 1.54) is 6.92 Å². The topological polar surface area (TPSA) is 90.5 Å². The minimum absolute atomic E-state index is 0.0357. The van der Waals surface area contributed by atoms with E-state index in [0.717, 1.165) is 6.54 Å². The summed E-state index contributed by atoms with van der Waals surface area (Å²) < 4.78 is 0. The Balaban J connectivity index is 1.67. The number of piperazine rings is 1. The van der Waals surface area contributed by atoms with Gasteiger partial charge >= 0.3 is 0 Å². The minimum Gasteiger partial charge on any atom is -0.353 e. The van der Waals surface area contributed by atoms with Gasteiger partial charge in [0.1, 0.15) is 5.54 Å². The molecule has 0 atom stereocenters. The fourth-order valence-electron chi connectivity index (χ4n) is 3.34. The molecule has 2 aliphatic rings. The second-order valence-electron chi connectivity index (χ2n) is 6.32. The maximum absolute atomic E-state index is 12.7. The Labute approximate surface area is 140 Å². The zero-order valence-corrected chi connectivity index (χ0v) is 13.7. The number of benzene rings is 1. The second-order valence-corrected chi connectivity index (χ2v) is 6.32. The van der Waals surface area contributed by atoms with Crippen molar-refractivity contribution in [3.8, 4) is 0 Å². The van der Waals surface area contributed by atoms with Crippen LogP contribution in [0.15, 0.2) is 24.3 Å². The molecule has 0 aliphatic carbocycles. The molecule has 7 heteroatoms. The largest absolute Gasteiger partial charge is 0.353 e. The van der Waals surface area contributed by atoms with Crippen molar-refractivity contribution < 1.29 is 14.4 Å². The summed E-state index contributed by atoms with van der Waals surface area (Å²) in [6, 6.07) is 6.92. The van der Waals surface area contributed by atoms with Gasteiger partial charge in [-0.25, -0.2) is 0 Å². The number of amides is 3. The summed E-state index contributed by atoms with van der Waals surface area (Å²) in [6.45, 7) is 3.91. The molecule has 0 aromatic heterocycles. The summed E-state index contributed by atoms with van der Waals surface area (Å²) in [7, 11) is 0. The fraction of sp³-hybridized carbons (Fsp3) is 0.471. The summed E-state index contributed by atoms with van der Waals surface area (Å²) in [4.78, 5) is 37.7. The summed E-state index contributed by atoms with van der Waals surface area (Å²) in [5, 5.41) is 8.90. The lowest BCUT2D eigenvalue weighted by molar-refractivity contribution is -0.131. The van der Waals surface area contributed by atoms with Crippen molar-refractivity contribution in [1.82, 2.24) is 15.5 Å². The monoisotopic (exact) mass is 330 g/mol. The number of carbonyl (C=O) groups is 3. The maximum atomic E-state index is 12.7. The van der Waals surface area contributed by atoms with Gasteiger partial charge in [0.15, 0.2) is 0 Å². The van der Waals surface area contributed by atoms with Crippen LogP contribution in [0.25, 0.3) is 0 Å². The molecule has 2 heterocycles. The Kier molecular flexibility index (Phi) is 4.53. The van der Waals surface area contributed by atoms with Gasteiger partial charge in [0, 0.05) is 44.4 Å². The minimum atomic E-state index is -0.535. The number of hydrogen-bond donors (Lipinski definition) is 3. The van der Waals surface area contributed by atoms with Crippen LogP contribution in [-0.2, 0) is 9.59 Å². The Morgan fingerprint density at radius 2 is 1.96 bits per heavy atom. The fourth-order valence-corrected chi connectivity index (χ4v) is 3.34. The van der Waals surface area contributed by atoms with Crippen molar-refractivity contribution in [2.75, 3.05) is 31.5 Å². The molecular formula is C17H22N4O3. The van der Waals surface area contributed by atoms with Crippen molar-refractivity contribution in [2.24, 2.45) is 0 Å². The van der Waals surface area contributed by atoms with Crippen molar-refractivity contribution in [1.29, 1.82) is 0 Å². The summed E-state index contributed by atoms with van der Waals surface area (Å²) in [6.07, 6.45) is 1.21. The Morgan fingerprint density at radius 3 is 2.62 bits per heavy atom. The van der Waals surface area contributed by atoms with E-state index in [1.54, 1.807) is 29.2 Å². The highest BCUT2D eigenvalue weighted by molar-refractivity contribution is 5.97. The van der Waals surface area contributed by atoms with E-state index in [-0.39, 0.29) is 17.7 Å². The predicted octanol–water partition coefficient (Wildman–Crippen LogP) is 0.339. The van der Waals surface area contributed by atoms with Crippen molar-refractivity contribution >= 4 is 23.4 Å². The molecule has 0 radical (unpaired) electrons. The quantitative estimate of drug-likeness (QED) is 0.729. The van der Waals surface area contributed by atoms with E-state index in [2.05, 4.69) is 16.0 Å². The number of likely N-dealkylation sites (tertiary alicyclic amines) is 1. The van der Waals surface area contributed by atoms with Crippen LogP contribution in [0.1, 0.15) is 30.1 Å². The van der Waals surface area contributed by atoms with Gasteiger partial charge in [0.05, 0.1) is 0 Å². The molecule has 3 amide bonds. The van der Waals surface area contributed by atoms with Gasteiger partial charge < -0.3 is 20.9 Å². The first kappa shape index (κ1) is 16.4. The van der Waals surface area contributed by atoms with Crippen LogP contribution >= 0.6 is 0 Å². The number of rotatable bonds is 2. The molecule has 128 valence electrons. The molecule has 2 saturated heterocycles. The summed E-state index contributed by atoms with van der Waals surface area (Å²) in [5.74, 6) is -0.212. The van der Waals surface area contributed by atoms with Crippen LogP contribution in [-0.4, -0.2) is 54.3 Å². The average Bonchev–Trinajstić information content (AvgIpc) is 2.57. The molecular weight excluding hydrogens is 308 g/mol. The molecule has 3 N–H and O–H groups in total. The molecule has 3 rings (SSSR count). The molecule has 7 nitrogen and oxygen atoms in total. The van der Waals surface area contributed by atoms with Gasteiger partial charge in [-0.2, -0.15) is 0 Å². The zero-order chi connectivity index (χ0) is 17.2. The standard InChI is InChI=1S/C17H22N4O3/c1-12(22)20-14-4-2-3-13(11-14)15(23)21-9-5-17(6-10-21)16(24)18-7-8-19-17/h2-4,11,19H,5-10H2,1H3,(H,18,24)(H,20,22). The molecule has 2 fully saturated rings. The highest BCUT2D eigenvalue weighted by Crippen LogP contribution is 2.25. The zero-order valence-electron chi connectivity index (χ0n) is 13.7. The summed E-state index contributed by atoms with van der Waals surface area (Å²) in [5.41, 5.74) is 0.612. The first-order chi connectivity index (χ1) is 11.5. The van der Waals surface area contributed by atoms with Gasteiger partial charge in [0.25, 0.3) is 5.91 Å². The molecule has 0 bridgehead atoms. The highest BCUT2D eigenvalue weighted by Gasteiger charge is 2.43. The molecule has 2 aliphatic heterocycles. The highest BCUT2D eigenvalue weighted by atomic mass is 16.2. The van der Waals surface area contributed by atoms with Crippen molar-refractivity contribution in [3.63, 3.8) is 0 Å². The normalized spacial score (nSPS) is 19.7. The smallest absolute Gasteiger partial charge is 0.253 e. The van der Waals surface area contributed by atoms with Crippen molar-refractivity contribution in [2.45, 2.75) is 25.3 Å². The van der Waals surface area contributed by atoms with E-state index in [9.17, 15) is 14.4 Å². The average molecular weight is 330 g/mol. The van der Waals surface area contributed by atoms with E-state index in [4.69, 9.17) is 0 Å². The molecule has 1 aromatic carbocycles. The lowest BCUT2D eigenvalue weighted by Gasteiger charge is -2.43.